The molecule has 2 N–H and O–H groups in total. The summed E-state index contributed by atoms with van der Waals surface area (Å²) in [5.74, 6) is -0.704. The summed E-state index contributed by atoms with van der Waals surface area (Å²) in [6.07, 6.45) is 1.31. The van der Waals surface area contributed by atoms with Crippen LogP contribution in [0.3, 0.4) is 0 Å². The van der Waals surface area contributed by atoms with Gasteiger partial charge in [-0.3, -0.25) is 4.79 Å². The average Bonchev–Trinajstić information content (AvgIpc) is 2.41. The Morgan fingerprint density at radius 2 is 1.80 bits per heavy atom. The van der Waals surface area contributed by atoms with Crippen molar-refractivity contribution in [3.05, 3.63) is 57.9 Å². The fourth-order valence-electron chi connectivity index (χ4n) is 2.01. The summed E-state index contributed by atoms with van der Waals surface area (Å²) in [4.78, 5) is 12.4. The van der Waals surface area contributed by atoms with Crippen LogP contribution in [-0.2, 0) is 0 Å². The van der Waals surface area contributed by atoms with Gasteiger partial charge in [0, 0.05) is 11.1 Å². The number of phenols is 2. The zero-order valence-corrected chi connectivity index (χ0v) is 10.9. The van der Waals surface area contributed by atoms with E-state index in [0.717, 1.165) is 0 Å². The molecule has 0 amide bonds. The molecule has 0 saturated heterocycles. The third-order valence-corrected chi connectivity index (χ3v) is 3.24. The van der Waals surface area contributed by atoms with Gasteiger partial charge < -0.3 is 14.6 Å². The second kappa shape index (κ2) is 4.58. The third-order valence-electron chi connectivity index (χ3n) is 3.01. The molecule has 5 heteroatoms. The molecule has 2 aromatic carbocycles. The molecule has 0 aliphatic heterocycles. The predicted octanol–water partition coefficient (Wildman–Crippen LogP) is 3.52. The van der Waals surface area contributed by atoms with Crippen molar-refractivity contribution in [2.24, 2.45) is 0 Å². The van der Waals surface area contributed by atoms with E-state index in [4.69, 9.17) is 16.0 Å². The van der Waals surface area contributed by atoms with Crippen LogP contribution in [-0.4, -0.2) is 10.2 Å². The van der Waals surface area contributed by atoms with E-state index in [-0.39, 0.29) is 27.9 Å². The van der Waals surface area contributed by atoms with Crippen LogP contribution in [0.5, 0.6) is 11.5 Å². The largest absolute Gasteiger partial charge is 0.504 e. The lowest BCUT2D eigenvalue weighted by molar-refractivity contribution is 0.403. The van der Waals surface area contributed by atoms with Crippen molar-refractivity contribution < 1.29 is 14.6 Å². The zero-order valence-electron chi connectivity index (χ0n) is 10.1. The maximum atomic E-state index is 12.4. The Morgan fingerprint density at radius 1 is 1.05 bits per heavy atom. The molecule has 0 unspecified atom stereocenters. The Labute approximate surface area is 118 Å². The van der Waals surface area contributed by atoms with Gasteiger partial charge in [0.15, 0.2) is 11.5 Å². The molecule has 0 aliphatic carbocycles. The average molecular weight is 289 g/mol. The normalized spacial score (nSPS) is 10.8. The second-order valence-corrected chi connectivity index (χ2v) is 4.76. The van der Waals surface area contributed by atoms with Crippen molar-refractivity contribution in [3.63, 3.8) is 0 Å². The number of hydrogen-bond donors (Lipinski definition) is 2. The maximum absolute atomic E-state index is 12.4. The summed E-state index contributed by atoms with van der Waals surface area (Å²) in [7, 11) is 0. The Hall–Kier alpha value is -2.46. The summed E-state index contributed by atoms with van der Waals surface area (Å²) in [6.45, 7) is 0. The van der Waals surface area contributed by atoms with E-state index in [1.807, 2.05) is 0 Å². The molecular formula is C15H9ClO4. The van der Waals surface area contributed by atoms with Crippen LogP contribution in [0.1, 0.15) is 0 Å². The molecule has 0 radical (unpaired) electrons. The van der Waals surface area contributed by atoms with Gasteiger partial charge in [0.25, 0.3) is 0 Å². The molecule has 0 saturated carbocycles. The Bertz CT molecular complexity index is 867. The Balaban J connectivity index is 2.31. The number of halogens is 1. The van der Waals surface area contributed by atoms with E-state index < -0.39 is 0 Å². The van der Waals surface area contributed by atoms with Crippen LogP contribution < -0.4 is 5.43 Å². The molecule has 100 valence electrons. The quantitative estimate of drug-likeness (QED) is 0.672. The Morgan fingerprint density at radius 3 is 2.55 bits per heavy atom. The van der Waals surface area contributed by atoms with Gasteiger partial charge in [0.1, 0.15) is 11.8 Å². The minimum absolute atomic E-state index is 0.192. The van der Waals surface area contributed by atoms with E-state index in [1.165, 1.54) is 18.4 Å². The van der Waals surface area contributed by atoms with Crippen molar-refractivity contribution in [1.82, 2.24) is 0 Å². The highest BCUT2D eigenvalue weighted by molar-refractivity contribution is 6.30. The molecule has 0 atom stereocenters. The first kappa shape index (κ1) is 12.6. The molecule has 0 fully saturated rings. The molecule has 0 spiro atoms. The molecule has 0 bridgehead atoms. The lowest BCUT2D eigenvalue weighted by Gasteiger charge is -2.04. The molecule has 1 aromatic heterocycles. The maximum Gasteiger partial charge on any atom is 0.200 e. The fraction of sp³-hybridized carbons (Fsp3) is 0. The van der Waals surface area contributed by atoms with Gasteiger partial charge in [0.2, 0.25) is 5.43 Å². The predicted molar refractivity (Wildman–Crippen MR) is 76.3 cm³/mol. The molecule has 4 nitrogen and oxygen atoms in total. The van der Waals surface area contributed by atoms with Gasteiger partial charge in [-0.2, -0.15) is 0 Å². The lowest BCUT2D eigenvalue weighted by atomic mass is 10.1. The molecule has 0 aliphatic rings. The minimum atomic E-state index is -0.368. The van der Waals surface area contributed by atoms with Gasteiger partial charge in [-0.25, -0.2) is 0 Å². The molecule has 3 rings (SSSR count). The molecule has 1 heterocycles. The van der Waals surface area contributed by atoms with E-state index in [2.05, 4.69) is 0 Å². The third kappa shape index (κ3) is 2.00. The van der Waals surface area contributed by atoms with E-state index in [9.17, 15) is 15.0 Å². The first-order chi connectivity index (χ1) is 9.56. The number of fused-ring (bicyclic) bond motifs is 1. The fourth-order valence-corrected chi connectivity index (χ4v) is 2.20. The van der Waals surface area contributed by atoms with Crippen LogP contribution >= 0.6 is 11.6 Å². The highest BCUT2D eigenvalue weighted by Gasteiger charge is 2.12. The number of rotatable bonds is 1. The first-order valence-electron chi connectivity index (χ1n) is 5.79. The lowest BCUT2D eigenvalue weighted by Crippen LogP contribution is -2.04. The van der Waals surface area contributed by atoms with Gasteiger partial charge in [0.05, 0.1) is 10.9 Å². The Kier molecular flexibility index (Phi) is 2.88. The topological polar surface area (TPSA) is 70.7 Å². The van der Waals surface area contributed by atoms with E-state index >= 15 is 0 Å². The molecule has 20 heavy (non-hydrogen) atoms. The summed E-state index contributed by atoms with van der Waals surface area (Å²) in [5, 5.41) is 19.6. The van der Waals surface area contributed by atoms with Crippen molar-refractivity contribution in [3.8, 4) is 22.6 Å². The summed E-state index contributed by atoms with van der Waals surface area (Å²) >= 11 is 5.91. The molecular weight excluding hydrogens is 280 g/mol. The van der Waals surface area contributed by atoms with Gasteiger partial charge in [-0.15, -0.1) is 0 Å². The van der Waals surface area contributed by atoms with Crippen LogP contribution in [0.4, 0.5) is 0 Å². The summed E-state index contributed by atoms with van der Waals surface area (Å²) < 4.78 is 5.34. The molecule has 3 aromatic rings. The van der Waals surface area contributed by atoms with E-state index in [0.29, 0.717) is 16.1 Å². The summed E-state index contributed by atoms with van der Waals surface area (Å²) in [5.41, 5.74) is 0.866. The number of benzene rings is 2. The SMILES string of the molecule is O=c1c(-c2cccc(Cl)c2)coc2cc(O)c(O)cc12. The van der Waals surface area contributed by atoms with E-state index in [1.54, 1.807) is 24.3 Å². The number of aromatic hydroxyl groups is 2. The monoisotopic (exact) mass is 288 g/mol. The van der Waals surface area contributed by atoms with Crippen molar-refractivity contribution in [2.45, 2.75) is 0 Å². The van der Waals surface area contributed by atoms with Crippen molar-refractivity contribution in [1.29, 1.82) is 0 Å². The summed E-state index contributed by atoms with van der Waals surface area (Å²) in [6, 6.07) is 9.22. The second-order valence-electron chi connectivity index (χ2n) is 4.33. The van der Waals surface area contributed by atoms with Gasteiger partial charge in [-0.1, -0.05) is 23.7 Å². The highest BCUT2D eigenvalue weighted by Crippen LogP contribution is 2.30. The standard InChI is InChI=1S/C15H9ClO4/c16-9-3-1-2-8(4-9)11-7-20-14-6-13(18)12(17)5-10(14)15(11)19/h1-7,17-18H. The number of hydrogen-bond acceptors (Lipinski definition) is 4. The van der Waals surface area contributed by atoms with Crippen LogP contribution in [0.15, 0.2) is 51.9 Å². The smallest absolute Gasteiger partial charge is 0.200 e. The van der Waals surface area contributed by atoms with Crippen LogP contribution in [0, 0.1) is 0 Å². The van der Waals surface area contributed by atoms with Crippen LogP contribution in [0.25, 0.3) is 22.1 Å². The van der Waals surface area contributed by atoms with Gasteiger partial charge >= 0.3 is 0 Å². The number of phenolic OH excluding ortho intramolecular Hbond substituents is 2. The zero-order chi connectivity index (χ0) is 14.3. The van der Waals surface area contributed by atoms with Crippen LogP contribution in [0.2, 0.25) is 5.02 Å². The van der Waals surface area contributed by atoms with Crippen molar-refractivity contribution >= 4 is 22.6 Å². The first-order valence-corrected chi connectivity index (χ1v) is 6.17. The van der Waals surface area contributed by atoms with Crippen molar-refractivity contribution in [2.75, 3.05) is 0 Å². The van der Waals surface area contributed by atoms with Gasteiger partial charge in [-0.05, 0) is 23.8 Å². The minimum Gasteiger partial charge on any atom is -0.504 e. The highest BCUT2D eigenvalue weighted by atomic mass is 35.5.